The molecule has 14 heavy (non-hydrogen) atoms. The average molecular weight is 213 g/mol. The van der Waals surface area contributed by atoms with Crippen molar-refractivity contribution in [3.05, 3.63) is 11.6 Å². The Hall–Kier alpha value is -1.14. The van der Waals surface area contributed by atoms with E-state index < -0.39 is 12.0 Å². The number of hydrogen-bond donors (Lipinski definition) is 2. The van der Waals surface area contributed by atoms with Crippen LogP contribution in [0.5, 0.6) is 0 Å². The number of aromatic nitrogens is 1. The zero-order valence-electron chi connectivity index (χ0n) is 7.51. The van der Waals surface area contributed by atoms with Crippen molar-refractivity contribution in [1.29, 1.82) is 0 Å². The molecule has 1 atom stereocenters. The van der Waals surface area contributed by atoms with Gasteiger partial charge in [0.25, 0.3) is 0 Å². The lowest BCUT2D eigenvalue weighted by Gasteiger charge is -2.31. The summed E-state index contributed by atoms with van der Waals surface area (Å²) in [5, 5.41) is 14.6. The number of carboxylic acids is 1. The first kappa shape index (κ1) is 9.42. The van der Waals surface area contributed by atoms with Gasteiger partial charge >= 0.3 is 5.97 Å². The van der Waals surface area contributed by atoms with Crippen LogP contribution >= 0.6 is 11.3 Å². The summed E-state index contributed by atoms with van der Waals surface area (Å²) in [5.41, 5.74) is 0. The largest absolute Gasteiger partial charge is 0.480 e. The van der Waals surface area contributed by atoms with E-state index in [1.54, 1.807) is 6.20 Å². The highest BCUT2D eigenvalue weighted by atomic mass is 32.1. The monoisotopic (exact) mass is 213 g/mol. The van der Waals surface area contributed by atoms with E-state index in [0.717, 1.165) is 11.7 Å². The molecule has 0 radical (unpaired) electrons. The highest BCUT2D eigenvalue weighted by molar-refractivity contribution is 7.13. The van der Waals surface area contributed by atoms with Gasteiger partial charge in [-0.3, -0.25) is 4.79 Å². The number of piperazine rings is 1. The Labute approximate surface area is 85.4 Å². The molecule has 0 spiro atoms. The minimum atomic E-state index is -0.800. The molecule has 0 saturated carbocycles. The minimum absolute atomic E-state index is 0.479. The number of aliphatic carboxylic acids is 1. The van der Waals surface area contributed by atoms with E-state index in [4.69, 9.17) is 5.11 Å². The summed E-state index contributed by atoms with van der Waals surface area (Å²) < 4.78 is 0. The van der Waals surface area contributed by atoms with Crippen molar-refractivity contribution in [2.45, 2.75) is 6.04 Å². The second-order valence-corrected chi connectivity index (χ2v) is 3.98. The summed E-state index contributed by atoms with van der Waals surface area (Å²) in [5.74, 6) is -0.800. The molecule has 1 aromatic rings. The van der Waals surface area contributed by atoms with Crippen molar-refractivity contribution in [3.63, 3.8) is 0 Å². The minimum Gasteiger partial charge on any atom is -0.480 e. The molecular weight excluding hydrogens is 202 g/mol. The molecule has 0 unspecified atom stereocenters. The third kappa shape index (κ3) is 1.85. The van der Waals surface area contributed by atoms with Crippen molar-refractivity contribution in [3.8, 4) is 0 Å². The number of thiazole rings is 1. The molecule has 1 aliphatic rings. The lowest BCUT2D eigenvalue weighted by molar-refractivity contribution is -0.139. The molecule has 0 amide bonds. The summed E-state index contributed by atoms with van der Waals surface area (Å²) >= 11 is 1.54. The molecule has 76 valence electrons. The predicted octanol–water partition coefficient (Wildman–Crippen LogP) is 0.00590. The van der Waals surface area contributed by atoms with Gasteiger partial charge in [0.1, 0.15) is 6.04 Å². The Morgan fingerprint density at radius 1 is 1.79 bits per heavy atom. The Balaban J connectivity index is 2.04. The van der Waals surface area contributed by atoms with Crippen LogP contribution in [0.1, 0.15) is 0 Å². The summed E-state index contributed by atoms with van der Waals surface area (Å²) in [7, 11) is 0. The van der Waals surface area contributed by atoms with E-state index in [0.29, 0.717) is 13.1 Å². The summed E-state index contributed by atoms with van der Waals surface area (Å²) in [6.07, 6.45) is 1.73. The van der Waals surface area contributed by atoms with Crippen LogP contribution in [-0.2, 0) is 4.79 Å². The van der Waals surface area contributed by atoms with E-state index >= 15 is 0 Å². The second-order valence-electron chi connectivity index (χ2n) is 3.11. The first-order valence-electron chi connectivity index (χ1n) is 4.38. The molecular formula is C8H11N3O2S. The van der Waals surface area contributed by atoms with E-state index in [9.17, 15) is 4.79 Å². The molecule has 2 heterocycles. The molecule has 6 heteroatoms. The number of hydrogen-bond acceptors (Lipinski definition) is 5. The Kier molecular flexibility index (Phi) is 2.64. The summed E-state index contributed by atoms with van der Waals surface area (Å²) in [6, 6.07) is -0.479. The molecule has 1 aromatic heterocycles. The van der Waals surface area contributed by atoms with Gasteiger partial charge in [-0.1, -0.05) is 0 Å². The van der Waals surface area contributed by atoms with Gasteiger partial charge in [0.15, 0.2) is 5.13 Å². The lowest BCUT2D eigenvalue weighted by atomic mass is 10.2. The van der Waals surface area contributed by atoms with Crippen molar-refractivity contribution in [2.75, 3.05) is 24.5 Å². The highest BCUT2D eigenvalue weighted by Gasteiger charge is 2.25. The average Bonchev–Trinajstić information content (AvgIpc) is 2.71. The van der Waals surface area contributed by atoms with Crippen LogP contribution in [0.4, 0.5) is 5.13 Å². The Bertz CT molecular complexity index is 314. The van der Waals surface area contributed by atoms with Crippen LogP contribution in [0.2, 0.25) is 0 Å². The number of anilines is 1. The van der Waals surface area contributed by atoms with Gasteiger partial charge in [-0.25, -0.2) is 4.98 Å². The molecule has 5 nitrogen and oxygen atoms in total. The van der Waals surface area contributed by atoms with Gasteiger partial charge in [-0.05, 0) is 0 Å². The fraction of sp³-hybridized carbons (Fsp3) is 0.500. The van der Waals surface area contributed by atoms with Gasteiger partial charge in [-0.15, -0.1) is 11.3 Å². The topological polar surface area (TPSA) is 65.5 Å². The van der Waals surface area contributed by atoms with Crippen molar-refractivity contribution in [2.24, 2.45) is 0 Å². The van der Waals surface area contributed by atoms with Crippen molar-refractivity contribution in [1.82, 2.24) is 10.3 Å². The van der Waals surface area contributed by atoms with Crippen molar-refractivity contribution >= 4 is 22.4 Å². The van der Waals surface area contributed by atoms with Crippen LogP contribution in [-0.4, -0.2) is 41.7 Å². The number of nitrogens with one attached hydrogen (secondary N) is 1. The third-order valence-electron chi connectivity index (χ3n) is 2.16. The highest BCUT2D eigenvalue weighted by Crippen LogP contribution is 2.18. The normalized spacial score (nSPS) is 22.3. The SMILES string of the molecule is O=C(O)[C@@H]1CN(c2nccs2)CCN1. The quantitative estimate of drug-likeness (QED) is 0.724. The summed E-state index contributed by atoms with van der Waals surface area (Å²) in [6.45, 7) is 2.00. The molecule has 2 N–H and O–H groups in total. The van der Waals surface area contributed by atoms with Gasteiger partial charge in [0.05, 0.1) is 0 Å². The van der Waals surface area contributed by atoms with E-state index in [2.05, 4.69) is 10.3 Å². The zero-order chi connectivity index (χ0) is 9.97. The maximum absolute atomic E-state index is 10.8. The van der Waals surface area contributed by atoms with Crippen molar-refractivity contribution < 1.29 is 9.90 Å². The van der Waals surface area contributed by atoms with E-state index in [1.807, 2.05) is 10.3 Å². The molecule has 0 aromatic carbocycles. The molecule has 0 aliphatic carbocycles. The van der Waals surface area contributed by atoms with E-state index in [1.165, 1.54) is 11.3 Å². The second kappa shape index (κ2) is 3.93. The number of nitrogens with zero attached hydrogens (tertiary/aromatic N) is 2. The van der Waals surface area contributed by atoms with Crippen LogP contribution < -0.4 is 10.2 Å². The molecule has 2 rings (SSSR count). The fourth-order valence-corrected chi connectivity index (χ4v) is 2.14. The number of carboxylic acid groups (broad SMARTS) is 1. The van der Waals surface area contributed by atoms with Gasteiger partial charge in [0, 0.05) is 31.2 Å². The van der Waals surface area contributed by atoms with Crippen LogP contribution in [0.3, 0.4) is 0 Å². The zero-order valence-corrected chi connectivity index (χ0v) is 8.33. The Morgan fingerprint density at radius 3 is 3.29 bits per heavy atom. The standard InChI is InChI=1S/C8H11N3O2S/c12-7(13)6-5-11(3-1-9-6)8-10-2-4-14-8/h2,4,6,9H,1,3,5H2,(H,12,13)/t6-/m0/s1. The maximum Gasteiger partial charge on any atom is 0.322 e. The molecule has 0 bridgehead atoms. The number of carbonyl (C=O) groups is 1. The maximum atomic E-state index is 10.8. The summed E-state index contributed by atoms with van der Waals surface area (Å²) in [4.78, 5) is 16.9. The first-order chi connectivity index (χ1) is 6.77. The van der Waals surface area contributed by atoms with E-state index in [-0.39, 0.29) is 0 Å². The molecule has 1 aliphatic heterocycles. The van der Waals surface area contributed by atoms with Gasteiger partial charge < -0.3 is 15.3 Å². The van der Waals surface area contributed by atoms with Crippen LogP contribution in [0.15, 0.2) is 11.6 Å². The lowest BCUT2D eigenvalue weighted by Crippen LogP contribution is -2.54. The smallest absolute Gasteiger partial charge is 0.322 e. The number of rotatable bonds is 2. The van der Waals surface area contributed by atoms with Crippen LogP contribution in [0, 0.1) is 0 Å². The molecule has 1 saturated heterocycles. The fourth-order valence-electron chi connectivity index (χ4n) is 1.46. The Morgan fingerprint density at radius 2 is 2.64 bits per heavy atom. The van der Waals surface area contributed by atoms with Crippen LogP contribution in [0.25, 0.3) is 0 Å². The van der Waals surface area contributed by atoms with Gasteiger partial charge in [-0.2, -0.15) is 0 Å². The predicted molar refractivity (Wildman–Crippen MR) is 53.8 cm³/mol. The van der Waals surface area contributed by atoms with Gasteiger partial charge in [0.2, 0.25) is 0 Å². The first-order valence-corrected chi connectivity index (χ1v) is 5.26. The molecule has 1 fully saturated rings. The third-order valence-corrected chi connectivity index (χ3v) is 3.00.